The third kappa shape index (κ3) is 4.32. The molecule has 3 heterocycles. The Hall–Kier alpha value is -2.16. The Labute approximate surface area is 170 Å². The number of aliphatic imine (C=N–C) groups is 1. The minimum Gasteiger partial charge on any atom is -0.343 e. The van der Waals surface area contributed by atoms with Gasteiger partial charge in [0, 0.05) is 25.0 Å². The minimum atomic E-state index is 0. The van der Waals surface area contributed by atoms with Crippen molar-refractivity contribution in [2.45, 2.75) is 25.8 Å². The van der Waals surface area contributed by atoms with E-state index < -0.39 is 0 Å². The summed E-state index contributed by atoms with van der Waals surface area (Å²) < 4.78 is 1.99. The van der Waals surface area contributed by atoms with Gasteiger partial charge in [-0.05, 0) is 43.5 Å². The van der Waals surface area contributed by atoms with Crippen molar-refractivity contribution >= 4 is 41.3 Å². The van der Waals surface area contributed by atoms with Crippen molar-refractivity contribution in [2.24, 2.45) is 4.99 Å². The molecule has 7 heteroatoms. The van der Waals surface area contributed by atoms with Gasteiger partial charge in [-0.3, -0.25) is 4.40 Å². The highest BCUT2D eigenvalue weighted by molar-refractivity contribution is 14.0. The predicted molar refractivity (Wildman–Crippen MR) is 115 cm³/mol. The van der Waals surface area contributed by atoms with Crippen LogP contribution in [0, 0.1) is 0 Å². The number of fused-ring (bicyclic) bond motifs is 1. The second-order valence-corrected chi connectivity index (χ2v) is 6.22. The van der Waals surface area contributed by atoms with E-state index in [4.69, 9.17) is 4.99 Å². The monoisotopic (exact) mass is 462 g/mol. The third-order valence-corrected chi connectivity index (χ3v) is 4.44. The molecule has 2 aromatic heterocycles. The fourth-order valence-corrected chi connectivity index (χ4v) is 3.12. The molecule has 0 amide bonds. The smallest absolute Gasteiger partial charge is 0.198 e. The summed E-state index contributed by atoms with van der Waals surface area (Å²) in [4.78, 5) is 7.18. The average Bonchev–Trinajstić information content (AvgIpc) is 3.10. The Morgan fingerprint density at radius 2 is 1.73 bits per heavy atom. The topological polar surface area (TPSA) is 57.8 Å². The first-order valence-electron chi connectivity index (χ1n) is 8.80. The van der Waals surface area contributed by atoms with E-state index in [9.17, 15) is 0 Å². The highest BCUT2D eigenvalue weighted by Crippen LogP contribution is 2.13. The zero-order valence-electron chi connectivity index (χ0n) is 14.6. The Balaban J connectivity index is 0.00000196. The van der Waals surface area contributed by atoms with Crippen LogP contribution in [0.15, 0.2) is 59.7 Å². The van der Waals surface area contributed by atoms with E-state index in [2.05, 4.69) is 32.5 Å². The predicted octanol–water partition coefficient (Wildman–Crippen LogP) is 3.80. The van der Waals surface area contributed by atoms with Crippen LogP contribution in [0.1, 0.15) is 25.1 Å². The SMILES string of the molecule is I.c1ccc(NC(=NCc2nnc3ccccn23)N2CCCCC2)cc1. The number of hydrogen-bond acceptors (Lipinski definition) is 3. The van der Waals surface area contributed by atoms with Gasteiger partial charge in [0.15, 0.2) is 17.4 Å². The van der Waals surface area contributed by atoms with Crippen LogP contribution in [-0.4, -0.2) is 38.5 Å². The summed E-state index contributed by atoms with van der Waals surface area (Å²) in [6.45, 7) is 2.58. The lowest BCUT2D eigenvalue weighted by Crippen LogP contribution is -2.40. The van der Waals surface area contributed by atoms with E-state index in [0.717, 1.165) is 36.2 Å². The summed E-state index contributed by atoms with van der Waals surface area (Å²) in [6, 6.07) is 16.1. The number of nitrogens with zero attached hydrogens (tertiary/aromatic N) is 5. The van der Waals surface area contributed by atoms with Gasteiger partial charge in [-0.2, -0.15) is 0 Å². The van der Waals surface area contributed by atoms with Gasteiger partial charge in [0.1, 0.15) is 6.54 Å². The van der Waals surface area contributed by atoms with Gasteiger partial charge in [-0.25, -0.2) is 4.99 Å². The molecule has 1 saturated heterocycles. The van der Waals surface area contributed by atoms with Crippen molar-refractivity contribution in [3.05, 3.63) is 60.6 Å². The Bertz CT molecular complexity index is 855. The molecule has 26 heavy (non-hydrogen) atoms. The van der Waals surface area contributed by atoms with Crippen LogP contribution >= 0.6 is 24.0 Å². The molecule has 0 bridgehead atoms. The summed E-state index contributed by atoms with van der Waals surface area (Å²) in [5, 5.41) is 12.0. The maximum atomic E-state index is 4.84. The maximum absolute atomic E-state index is 4.84. The fourth-order valence-electron chi connectivity index (χ4n) is 3.12. The lowest BCUT2D eigenvalue weighted by molar-refractivity contribution is 0.340. The van der Waals surface area contributed by atoms with Crippen molar-refractivity contribution in [1.29, 1.82) is 0 Å². The molecule has 1 aliphatic heterocycles. The van der Waals surface area contributed by atoms with Gasteiger partial charge in [-0.15, -0.1) is 34.2 Å². The number of halogens is 1. The summed E-state index contributed by atoms with van der Waals surface area (Å²) in [7, 11) is 0. The minimum absolute atomic E-state index is 0. The molecule has 0 radical (unpaired) electrons. The molecule has 1 aromatic carbocycles. The standard InChI is InChI=1S/C19H22N6.HI/c1-3-9-16(10-4-1)21-19(24-12-6-2-7-13-24)20-15-18-23-22-17-11-5-8-14-25(17)18;/h1,3-5,8-11,14H,2,6-7,12-13,15H2,(H,20,21);1H. The highest BCUT2D eigenvalue weighted by Gasteiger charge is 2.15. The number of nitrogens with one attached hydrogen (secondary N) is 1. The number of likely N-dealkylation sites (tertiary alicyclic amines) is 1. The molecule has 0 spiro atoms. The van der Waals surface area contributed by atoms with Gasteiger partial charge >= 0.3 is 0 Å². The van der Waals surface area contributed by atoms with E-state index >= 15 is 0 Å². The van der Waals surface area contributed by atoms with Gasteiger partial charge < -0.3 is 10.2 Å². The van der Waals surface area contributed by atoms with Gasteiger partial charge in [0.25, 0.3) is 0 Å². The zero-order valence-corrected chi connectivity index (χ0v) is 16.9. The molecule has 4 rings (SSSR count). The summed E-state index contributed by atoms with van der Waals surface area (Å²) in [5.41, 5.74) is 1.90. The number of guanidine groups is 1. The maximum Gasteiger partial charge on any atom is 0.198 e. The number of hydrogen-bond donors (Lipinski definition) is 1. The molecule has 0 atom stereocenters. The van der Waals surface area contributed by atoms with Crippen LogP contribution in [0.4, 0.5) is 5.69 Å². The summed E-state index contributed by atoms with van der Waals surface area (Å²) >= 11 is 0. The Morgan fingerprint density at radius 1 is 0.962 bits per heavy atom. The van der Waals surface area contributed by atoms with Crippen molar-refractivity contribution in [2.75, 3.05) is 18.4 Å². The van der Waals surface area contributed by atoms with E-state index in [-0.39, 0.29) is 24.0 Å². The van der Waals surface area contributed by atoms with Gasteiger partial charge in [0.2, 0.25) is 0 Å². The van der Waals surface area contributed by atoms with E-state index in [1.807, 2.05) is 47.0 Å². The number of para-hydroxylation sites is 1. The number of benzene rings is 1. The number of pyridine rings is 1. The van der Waals surface area contributed by atoms with Crippen LogP contribution in [0.3, 0.4) is 0 Å². The second kappa shape index (κ2) is 8.98. The van der Waals surface area contributed by atoms with E-state index in [0.29, 0.717) is 6.54 Å². The first-order valence-corrected chi connectivity index (χ1v) is 8.80. The number of aromatic nitrogens is 3. The first-order chi connectivity index (χ1) is 12.4. The van der Waals surface area contributed by atoms with E-state index in [1.165, 1.54) is 19.3 Å². The Kier molecular flexibility index (Phi) is 6.43. The molecule has 0 aliphatic carbocycles. The number of anilines is 1. The molecule has 0 unspecified atom stereocenters. The molecule has 136 valence electrons. The highest BCUT2D eigenvalue weighted by atomic mass is 127. The average molecular weight is 462 g/mol. The summed E-state index contributed by atoms with van der Waals surface area (Å²) in [6.07, 6.45) is 5.70. The quantitative estimate of drug-likeness (QED) is 0.366. The number of piperidine rings is 1. The van der Waals surface area contributed by atoms with Crippen molar-refractivity contribution < 1.29 is 0 Å². The van der Waals surface area contributed by atoms with Gasteiger partial charge in [0.05, 0.1) is 0 Å². The molecule has 1 N–H and O–H groups in total. The van der Waals surface area contributed by atoms with Crippen molar-refractivity contribution in [3.8, 4) is 0 Å². The zero-order chi connectivity index (χ0) is 16.9. The molecular weight excluding hydrogens is 439 g/mol. The van der Waals surface area contributed by atoms with Crippen molar-refractivity contribution in [3.63, 3.8) is 0 Å². The second-order valence-electron chi connectivity index (χ2n) is 6.22. The fraction of sp³-hybridized carbons (Fsp3) is 0.316. The van der Waals surface area contributed by atoms with Crippen LogP contribution in [0.5, 0.6) is 0 Å². The Morgan fingerprint density at radius 3 is 2.54 bits per heavy atom. The van der Waals surface area contributed by atoms with Crippen molar-refractivity contribution in [1.82, 2.24) is 19.5 Å². The van der Waals surface area contributed by atoms with E-state index in [1.54, 1.807) is 0 Å². The third-order valence-electron chi connectivity index (χ3n) is 4.44. The molecule has 1 aliphatic rings. The molecule has 1 fully saturated rings. The molecule has 6 nitrogen and oxygen atoms in total. The number of rotatable bonds is 3. The molecular formula is C19H23IN6. The normalized spacial score (nSPS) is 14.9. The van der Waals surface area contributed by atoms with Gasteiger partial charge in [-0.1, -0.05) is 24.3 Å². The first kappa shape index (κ1) is 18.6. The van der Waals surface area contributed by atoms with Crippen LogP contribution in [-0.2, 0) is 6.54 Å². The molecule has 0 saturated carbocycles. The van der Waals surface area contributed by atoms with Crippen LogP contribution in [0.25, 0.3) is 5.65 Å². The van der Waals surface area contributed by atoms with Crippen LogP contribution < -0.4 is 5.32 Å². The van der Waals surface area contributed by atoms with Crippen LogP contribution in [0.2, 0.25) is 0 Å². The largest absolute Gasteiger partial charge is 0.343 e. The summed E-state index contributed by atoms with van der Waals surface area (Å²) in [5.74, 6) is 1.76. The molecule has 3 aromatic rings. The lowest BCUT2D eigenvalue weighted by atomic mass is 10.1. The lowest BCUT2D eigenvalue weighted by Gasteiger charge is -2.30.